The van der Waals surface area contributed by atoms with Gasteiger partial charge >= 0.3 is 0 Å². The van der Waals surface area contributed by atoms with Gasteiger partial charge in [-0.25, -0.2) is 0 Å². The van der Waals surface area contributed by atoms with Gasteiger partial charge in [0.2, 0.25) is 0 Å². The van der Waals surface area contributed by atoms with E-state index in [2.05, 4.69) is 5.32 Å². The minimum absolute atomic E-state index is 0.0862. The summed E-state index contributed by atoms with van der Waals surface area (Å²) in [6, 6.07) is 15.8. The predicted molar refractivity (Wildman–Crippen MR) is 104 cm³/mol. The zero-order chi connectivity index (χ0) is 20.1. The number of hydrogen-bond donors (Lipinski definition) is 1. The van der Waals surface area contributed by atoms with E-state index in [0.717, 1.165) is 5.56 Å². The van der Waals surface area contributed by atoms with E-state index < -0.39 is 10.8 Å². The third kappa shape index (κ3) is 4.24. The summed E-state index contributed by atoms with van der Waals surface area (Å²) in [6.45, 7) is 0.253. The number of nitrogens with zero attached hydrogens (tertiary/aromatic N) is 2. The molecule has 0 aliphatic carbocycles. The number of para-hydroxylation sites is 2. The Morgan fingerprint density at radius 2 is 1.93 bits per heavy atom. The summed E-state index contributed by atoms with van der Waals surface area (Å²) < 4.78 is 6.57. The van der Waals surface area contributed by atoms with Gasteiger partial charge in [-0.3, -0.25) is 19.7 Å². The fourth-order valence-electron chi connectivity index (χ4n) is 2.69. The fourth-order valence-corrected chi connectivity index (χ4v) is 2.69. The number of carbonyl (C=O) groups excluding carboxylic acids is 1. The molecule has 3 rings (SSSR count). The molecule has 3 aromatic rings. The van der Waals surface area contributed by atoms with Crippen LogP contribution in [0.2, 0.25) is 0 Å². The van der Waals surface area contributed by atoms with Crippen LogP contribution in [0.3, 0.4) is 0 Å². The van der Waals surface area contributed by atoms with Crippen LogP contribution in [0, 0.1) is 10.1 Å². The van der Waals surface area contributed by atoms with Crippen LogP contribution in [-0.4, -0.2) is 22.5 Å². The number of methoxy groups -OCH3 is 1. The molecule has 0 saturated carbocycles. The van der Waals surface area contributed by atoms with Crippen LogP contribution < -0.4 is 15.6 Å². The van der Waals surface area contributed by atoms with E-state index in [1.807, 2.05) is 12.1 Å². The molecule has 0 aliphatic heterocycles. The number of anilines is 1. The van der Waals surface area contributed by atoms with Gasteiger partial charge in [0.25, 0.3) is 17.2 Å². The van der Waals surface area contributed by atoms with E-state index in [4.69, 9.17) is 4.74 Å². The van der Waals surface area contributed by atoms with Gasteiger partial charge in [0.1, 0.15) is 11.4 Å². The maximum atomic E-state index is 12.5. The number of aromatic nitrogens is 1. The normalized spacial score (nSPS) is 10.3. The second kappa shape index (κ2) is 8.17. The number of hydrogen-bond acceptors (Lipinski definition) is 5. The van der Waals surface area contributed by atoms with Crippen molar-refractivity contribution in [1.29, 1.82) is 0 Å². The van der Waals surface area contributed by atoms with Crippen molar-refractivity contribution in [3.05, 3.63) is 98.5 Å². The Labute approximate surface area is 160 Å². The number of nitrogens with one attached hydrogen (secondary N) is 1. The van der Waals surface area contributed by atoms with Gasteiger partial charge in [-0.1, -0.05) is 24.3 Å². The van der Waals surface area contributed by atoms with Crippen LogP contribution in [-0.2, 0) is 6.54 Å². The van der Waals surface area contributed by atoms with E-state index in [-0.39, 0.29) is 29.0 Å². The lowest BCUT2D eigenvalue weighted by Gasteiger charge is -2.10. The van der Waals surface area contributed by atoms with Gasteiger partial charge in [0.05, 0.1) is 24.1 Å². The lowest BCUT2D eigenvalue weighted by molar-refractivity contribution is -0.383. The number of ether oxygens (including phenoxy) is 1. The monoisotopic (exact) mass is 379 g/mol. The maximum absolute atomic E-state index is 12.5. The van der Waals surface area contributed by atoms with Crippen molar-refractivity contribution in [2.45, 2.75) is 6.54 Å². The zero-order valence-corrected chi connectivity index (χ0v) is 15.0. The number of nitro benzene ring substituents is 1. The molecule has 0 aliphatic rings. The molecule has 0 saturated heterocycles. The first-order chi connectivity index (χ1) is 13.5. The van der Waals surface area contributed by atoms with Crippen LogP contribution in [0.1, 0.15) is 15.9 Å². The second-order valence-corrected chi connectivity index (χ2v) is 5.96. The average Bonchev–Trinajstić information content (AvgIpc) is 2.70. The Kier molecular flexibility index (Phi) is 5.50. The molecule has 1 N–H and O–H groups in total. The highest BCUT2D eigenvalue weighted by molar-refractivity contribution is 6.05. The fraction of sp³-hybridized carbons (Fsp3) is 0.100. The Morgan fingerprint density at radius 3 is 2.68 bits per heavy atom. The average molecular weight is 379 g/mol. The Hall–Kier alpha value is -3.94. The molecule has 1 heterocycles. The Balaban J connectivity index is 1.85. The number of rotatable bonds is 6. The van der Waals surface area contributed by atoms with Crippen LogP contribution in [0.5, 0.6) is 5.75 Å². The number of pyridine rings is 1. The molecule has 1 aromatic heterocycles. The molecule has 0 radical (unpaired) electrons. The van der Waals surface area contributed by atoms with Crippen molar-refractivity contribution < 1.29 is 14.5 Å². The highest BCUT2D eigenvalue weighted by Gasteiger charge is 2.16. The largest absolute Gasteiger partial charge is 0.497 e. The van der Waals surface area contributed by atoms with E-state index in [1.165, 1.54) is 41.1 Å². The molecule has 0 atom stereocenters. The molecule has 8 nitrogen and oxygen atoms in total. The van der Waals surface area contributed by atoms with E-state index in [9.17, 15) is 19.7 Å². The molecule has 0 unspecified atom stereocenters. The lowest BCUT2D eigenvalue weighted by atomic mass is 10.2. The Bertz CT molecular complexity index is 1090. The molecule has 0 spiro atoms. The summed E-state index contributed by atoms with van der Waals surface area (Å²) >= 11 is 0. The first-order valence-electron chi connectivity index (χ1n) is 8.36. The maximum Gasteiger partial charge on any atom is 0.292 e. The summed E-state index contributed by atoms with van der Waals surface area (Å²) in [5, 5.41) is 13.6. The van der Waals surface area contributed by atoms with E-state index in [0.29, 0.717) is 5.75 Å². The third-order valence-corrected chi connectivity index (χ3v) is 4.08. The summed E-state index contributed by atoms with van der Waals surface area (Å²) in [5.41, 5.74) is 0.645. The molecular weight excluding hydrogens is 362 g/mol. The summed E-state index contributed by atoms with van der Waals surface area (Å²) in [5.74, 6) is 0.115. The predicted octanol–water partition coefficient (Wildman–Crippen LogP) is 3.07. The number of carbonyl (C=O) groups is 1. The number of amides is 1. The van der Waals surface area contributed by atoms with Gasteiger partial charge in [-0.05, 0) is 29.8 Å². The molecular formula is C20H17N3O5. The van der Waals surface area contributed by atoms with Gasteiger partial charge in [0.15, 0.2) is 0 Å². The van der Waals surface area contributed by atoms with Gasteiger partial charge in [0, 0.05) is 18.3 Å². The second-order valence-electron chi connectivity index (χ2n) is 5.96. The minimum atomic E-state index is -0.570. The van der Waals surface area contributed by atoms with Crippen molar-refractivity contribution >= 4 is 17.3 Å². The third-order valence-electron chi connectivity index (χ3n) is 4.08. The van der Waals surface area contributed by atoms with E-state index >= 15 is 0 Å². The standard InChI is InChI=1S/C20H17N3O5/c1-28-16-6-4-5-14(11-16)12-22-13-15(9-10-19(22)24)20(25)21-17-7-2-3-8-18(17)23(26)27/h2-11,13H,12H2,1H3,(H,21,25). The van der Waals surface area contributed by atoms with Gasteiger partial charge in [-0.2, -0.15) is 0 Å². The molecule has 1 amide bonds. The smallest absolute Gasteiger partial charge is 0.292 e. The number of benzene rings is 2. The quantitative estimate of drug-likeness (QED) is 0.524. The number of nitro groups is 1. The SMILES string of the molecule is COc1cccc(Cn2cc(C(=O)Nc3ccccc3[N+](=O)[O-])ccc2=O)c1. The minimum Gasteiger partial charge on any atom is -0.497 e. The molecule has 142 valence electrons. The highest BCUT2D eigenvalue weighted by Crippen LogP contribution is 2.23. The van der Waals surface area contributed by atoms with Crippen molar-refractivity contribution in [2.75, 3.05) is 12.4 Å². The first-order valence-corrected chi connectivity index (χ1v) is 8.36. The Morgan fingerprint density at radius 1 is 1.14 bits per heavy atom. The first kappa shape index (κ1) is 18.8. The lowest BCUT2D eigenvalue weighted by Crippen LogP contribution is -2.22. The van der Waals surface area contributed by atoms with Gasteiger partial charge < -0.3 is 14.6 Å². The highest BCUT2D eigenvalue weighted by atomic mass is 16.6. The van der Waals surface area contributed by atoms with Crippen molar-refractivity contribution in [1.82, 2.24) is 4.57 Å². The van der Waals surface area contributed by atoms with Gasteiger partial charge in [-0.15, -0.1) is 0 Å². The summed E-state index contributed by atoms with van der Waals surface area (Å²) in [4.78, 5) is 35.2. The summed E-state index contributed by atoms with van der Waals surface area (Å²) in [6.07, 6.45) is 1.42. The van der Waals surface area contributed by atoms with Crippen molar-refractivity contribution in [2.24, 2.45) is 0 Å². The zero-order valence-electron chi connectivity index (χ0n) is 15.0. The molecule has 8 heteroatoms. The molecule has 28 heavy (non-hydrogen) atoms. The summed E-state index contributed by atoms with van der Waals surface area (Å²) in [7, 11) is 1.55. The van der Waals surface area contributed by atoms with Crippen LogP contribution >= 0.6 is 0 Å². The van der Waals surface area contributed by atoms with E-state index in [1.54, 1.807) is 25.3 Å². The molecule has 0 bridgehead atoms. The molecule has 0 fully saturated rings. The van der Waals surface area contributed by atoms with Crippen molar-refractivity contribution in [3.63, 3.8) is 0 Å². The van der Waals surface area contributed by atoms with Crippen LogP contribution in [0.25, 0.3) is 0 Å². The van der Waals surface area contributed by atoms with Crippen LogP contribution in [0.4, 0.5) is 11.4 Å². The molecule has 2 aromatic carbocycles. The van der Waals surface area contributed by atoms with Crippen molar-refractivity contribution in [3.8, 4) is 5.75 Å². The topological polar surface area (TPSA) is 103 Å². The van der Waals surface area contributed by atoms with Crippen LogP contribution in [0.15, 0.2) is 71.7 Å².